The van der Waals surface area contributed by atoms with Gasteiger partial charge in [-0.2, -0.15) is 0 Å². The van der Waals surface area contributed by atoms with E-state index in [-0.39, 0.29) is 30.5 Å². The van der Waals surface area contributed by atoms with Crippen LogP contribution in [0.4, 0.5) is 0 Å². The van der Waals surface area contributed by atoms with Crippen molar-refractivity contribution in [2.75, 3.05) is 19.7 Å². The Kier molecular flexibility index (Phi) is 6.68. The third kappa shape index (κ3) is 5.20. The number of thiophene rings is 1. The molecule has 0 radical (unpaired) electrons. The van der Waals surface area contributed by atoms with Crippen LogP contribution in [-0.4, -0.2) is 53.5 Å². The van der Waals surface area contributed by atoms with Gasteiger partial charge in [-0.25, -0.2) is 0 Å². The molecule has 2 amide bonds. The van der Waals surface area contributed by atoms with Crippen molar-refractivity contribution < 1.29 is 18.7 Å². The summed E-state index contributed by atoms with van der Waals surface area (Å²) in [4.78, 5) is 29.9. The third-order valence-electron chi connectivity index (χ3n) is 4.65. The second-order valence-corrected chi connectivity index (χ2v) is 7.94. The molecule has 0 spiro atoms. The molecule has 1 fully saturated rings. The molecule has 1 unspecified atom stereocenters. The van der Waals surface area contributed by atoms with Gasteiger partial charge in [0.1, 0.15) is 12.3 Å². The molecule has 1 aliphatic heterocycles. The zero-order valence-corrected chi connectivity index (χ0v) is 16.6. The van der Waals surface area contributed by atoms with Crippen LogP contribution >= 0.6 is 11.3 Å². The maximum Gasteiger partial charge on any atom is 0.264 e. The summed E-state index contributed by atoms with van der Waals surface area (Å²) in [5.41, 5.74) is 0. The Hall–Kier alpha value is -2.12. The van der Waals surface area contributed by atoms with Crippen LogP contribution in [-0.2, 0) is 16.1 Å². The summed E-state index contributed by atoms with van der Waals surface area (Å²) in [6.45, 7) is 5.53. The van der Waals surface area contributed by atoms with Gasteiger partial charge in [0.15, 0.2) is 0 Å². The number of hydrogen-bond acceptors (Lipinski definition) is 5. The molecule has 2 aromatic rings. The lowest BCUT2D eigenvalue weighted by Crippen LogP contribution is -2.47. The van der Waals surface area contributed by atoms with Gasteiger partial charge >= 0.3 is 0 Å². The molecule has 1 aliphatic rings. The molecule has 1 atom stereocenters. The van der Waals surface area contributed by atoms with E-state index in [1.54, 1.807) is 22.1 Å². The number of rotatable bonds is 8. The van der Waals surface area contributed by atoms with E-state index in [9.17, 15) is 9.59 Å². The number of ether oxygens (including phenoxy) is 1. The number of carbonyl (C=O) groups is 2. The Morgan fingerprint density at radius 2 is 2.15 bits per heavy atom. The average Bonchev–Trinajstić information content (AvgIpc) is 3.41. The zero-order chi connectivity index (χ0) is 19.2. The molecular weight excluding hydrogens is 364 g/mol. The number of hydrogen-bond donors (Lipinski definition) is 0. The van der Waals surface area contributed by atoms with Crippen LogP contribution in [0.15, 0.2) is 40.3 Å². The lowest BCUT2D eigenvalue weighted by molar-refractivity contribution is -0.134. The minimum absolute atomic E-state index is 0.0435. The molecule has 7 heteroatoms. The van der Waals surface area contributed by atoms with Gasteiger partial charge in [0.2, 0.25) is 5.91 Å². The largest absolute Gasteiger partial charge is 0.467 e. The SMILES string of the molecule is CC(C)N(CC(=O)N(Cc1ccco1)CC1CCCO1)C(=O)c1cccs1. The van der Waals surface area contributed by atoms with Crippen molar-refractivity contribution in [3.05, 3.63) is 46.5 Å². The molecule has 27 heavy (non-hydrogen) atoms. The van der Waals surface area contributed by atoms with Gasteiger partial charge in [-0.15, -0.1) is 11.3 Å². The maximum atomic E-state index is 13.1. The molecule has 2 aromatic heterocycles. The first kappa shape index (κ1) is 19.6. The predicted octanol–water partition coefficient (Wildman–Crippen LogP) is 3.40. The Balaban J connectivity index is 1.71. The zero-order valence-electron chi connectivity index (χ0n) is 15.8. The van der Waals surface area contributed by atoms with E-state index in [1.165, 1.54) is 11.3 Å². The van der Waals surface area contributed by atoms with Crippen molar-refractivity contribution in [2.45, 2.75) is 45.4 Å². The van der Waals surface area contributed by atoms with Crippen molar-refractivity contribution >= 4 is 23.2 Å². The fourth-order valence-corrected chi connectivity index (χ4v) is 3.83. The summed E-state index contributed by atoms with van der Waals surface area (Å²) in [7, 11) is 0. The molecule has 146 valence electrons. The summed E-state index contributed by atoms with van der Waals surface area (Å²) < 4.78 is 11.1. The molecule has 1 saturated heterocycles. The topological polar surface area (TPSA) is 63.0 Å². The second kappa shape index (κ2) is 9.19. The number of nitrogens with zero attached hydrogens (tertiary/aromatic N) is 2. The van der Waals surface area contributed by atoms with Gasteiger partial charge in [0, 0.05) is 19.2 Å². The van der Waals surface area contributed by atoms with E-state index in [1.807, 2.05) is 37.4 Å². The van der Waals surface area contributed by atoms with Crippen LogP contribution in [0.1, 0.15) is 42.1 Å². The smallest absolute Gasteiger partial charge is 0.264 e. The summed E-state index contributed by atoms with van der Waals surface area (Å²) in [6, 6.07) is 7.23. The lowest BCUT2D eigenvalue weighted by atomic mass is 10.2. The fourth-order valence-electron chi connectivity index (χ4n) is 3.16. The van der Waals surface area contributed by atoms with Gasteiger partial charge in [0.25, 0.3) is 5.91 Å². The quantitative estimate of drug-likeness (QED) is 0.693. The van der Waals surface area contributed by atoms with Crippen LogP contribution in [0, 0.1) is 0 Å². The van der Waals surface area contributed by atoms with Crippen LogP contribution in [0.3, 0.4) is 0 Å². The van der Waals surface area contributed by atoms with Gasteiger partial charge in [-0.1, -0.05) is 6.07 Å². The van der Waals surface area contributed by atoms with Gasteiger partial charge in [-0.3, -0.25) is 9.59 Å². The predicted molar refractivity (Wildman–Crippen MR) is 104 cm³/mol. The van der Waals surface area contributed by atoms with Crippen LogP contribution < -0.4 is 0 Å². The maximum absolute atomic E-state index is 13.1. The minimum Gasteiger partial charge on any atom is -0.467 e. The molecular formula is C20H26N2O4S. The summed E-state index contributed by atoms with van der Waals surface area (Å²) in [6.07, 6.45) is 3.61. The molecule has 0 bridgehead atoms. The highest BCUT2D eigenvalue weighted by Crippen LogP contribution is 2.18. The van der Waals surface area contributed by atoms with Crippen molar-refractivity contribution in [3.8, 4) is 0 Å². The van der Waals surface area contributed by atoms with E-state index in [0.29, 0.717) is 18.0 Å². The van der Waals surface area contributed by atoms with E-state index in [0.717, 1.165) is 25.2 Å². The molecule has 0 N–H and O–H groups in total. The van der Waals surface area contributed by atoms with Crippen molar-refractivity contribution in [1.29, 1.82) is 0 Å². The van der Waals surface area contributed by atoms with Crippen LogP contribution in [0.25, 0.3) is 0 Å². The van der Waals surface area contributed by atoms with Crippen LogP contribution in [0.2, 0.25) is 0 Å². The van der Waals surface area contributed by atoms with Gasteiger partial charge in [0.05, 0.1) is 23.8 Å². The lowest BCUT2D eigenvalue weighted by Gasteiger charge is -2.30. The van der Waals surface area contributed by atoms with Crippen molar-refractivity contribution in [3.63, 3.8) is 0 Å². The fraction of sp³-hybridized carbons (Fsp3) is 0.500. The molecule has 3 rings (SSSR count). The van der Waals surface area contributed by atoms with E-state index >= 15 is 0 Å². The first-order valence-corrected chi connectivity index (χ1v) is 10.2. The second-order valence-electron chi connectivity index (χ2n) is 6.99. The summed E-state index contributed by atoms with van der Waals surface area (Å²) in [5.74, 6) is 0.519. The first-order chi connectivity index (χ1) is 13.0. The number of carbonyl (C=O) groups excluding carboxylic acids is 2. The highest BCUT2D eigenvalue weighted by molar-refractivity contribution is 7.12. The Bertz CT molecular complexity index is 721. The Morgan fingerprint density at radius 3 is 2.74 bits per heavy atom. The first-order valence-electron chi connectivity index (χ1n) is 9.31. The molecule has 3 heterocycles. The normalized spacial score (nSPS) is 16.6. The highest BCUT2D eigenvalue weighted by atomic mass is 32.1. The summed E-state index contributed by atoms with van der Waals surface area (Å²) >= 11 is 1.39. The van der Waals surface area contributed by atoms with Crippen LogP contribution in [0.5, 0.6) is 0 Å². The third-order valence-corrected chi connectivity index (χ3v) is 5.51. The molecule has 6 nitrogen and oxygen atoms in total. The number of amides is 2. The summed E-state index contributed by atoms with van der Waals surface area (Å²) in [5, 5.41) is 1.87. The van der Waals surface area contributed by atoms with Gasteiger partial charge in [-0.05, 0) is 50.3 Å². The minimum atomic E-state index is -0.108. The Labute approximate surface area is 163 Å². The molecule has 0 saturated carbocycles. The number of furan rings is 1. The Morgan fingerprint density at radius 1 is 1.30 bits per heavy atom. The average molecular weight is 391 g/mol. The standard InChI is InChI=1S/C20H26N2O4S/c1-15(2)22(20(24)18-8-5-11-27-18)14-19(23)21(12-16-6-3-9-25-16)13-17-7-4-10-26-17/h3,5-6,8-9,11,15,17H,4,7,10,12-14H2,1-2H3. The molecule has 0 aromatic carbocycles. The van der Waals surface area contributed by atoms with E-state index < -0.39 is 0 Å². The monoisotopic (exact) mass is 390 g/mol. The van der Waals surface area contributed by atoms with Gasteiger partial charge < -0.3 is 19.0 Å². The van der Waals surface area contributed by atoms with E-state index in [4.69, 9.17) is 9.15 Å². The van der Waals surface area contributed by atoms with Crippen molar-refractivity contribution in [2.24, 2.45) is 0 Å². The highest BCUT2D eigenvalue weighted by Gasteiger charge is 2.28. The molecule has 0 aliphatic carbocycles. The van der Waals surface area contributed by atoms with E-state index in [2.05, 4.69) is 0 Å². The van der Waals surface area contributed by atoms with Crippen molar-refractivity contribution in [1.82, 2.24) is 9.80 Å².